The second-order valence-corrected chi connectivity index (χ2v) is 6.24. The lowest BCUT2D eigenvalue weighted by Gasteiger charge is -2.08. The number of amides is 1. The van der Waals surface area contributed by atoms with E-state index in [1.165, 1.54) is 19.4 Å². The first-order valence-electron chi connectivity index (χ1n) is 8.56. The van der Waals surface area contributed by atoms with Crippen LogP contribution in [0.15, 0.2) is 36.8 Å². The average Bonchev–Trinajstić information content (AvgIpc) is 3.29. The molecule has 3 aromatic rings. The van der Waals surface area contributed by atoms with Gasteiger partial charge in [-0.1, -0.05) is 6.08 Å². The number of halogens is 1. The zero-order valence-corrected chi connectivity index (χ0v) is 15.0. The van der Waals surface area contributed by atoms with Gasteiger partial charge in [0.15, 0.2) is 5.82 Å². The first-order valence-corrected chi connectivity index (χ1v) is 8.56. The van der Waals surface area contributed by atoms with Gasteiger partial charge in [0.1, 0.15) is 24.6 Å². The van der Waals surface area contributed by atoms with E-state index in [-0.39, 0.29) is 19.0 Å². The maximum Gasteiger partial charge on any atom is 0.325 e. The van der Waals surface area contributed by atoms with Crippen LogP contribution in [0.2, 0.25) is 0 Å². The van der Waals surface area contributed by atoms with Gasteiger partial charge in [0, 0.05) is 35.3 Å². The van der Waals surface area contributed by atoms with Gasteiger partial charge < -0.3 is 14.6 Å². The van der Waals surface area contributed by atoms with Gasteiger partial charge in [-0.2, -0.15) is 0 Å². The van der Waals surface area contributed by atoms with Crippen molar-refractivity contribution >= 4 is 28.5 Å². The smallest absolute Gasteiger partial charge is 0.325 e. The Balaban J connectivity index is 1.60. The zero-order chi connectivity index (χ0) is 19.7. The maximum absolute atomic E-state index is 13.6. The predicted octanol–water partition coefficient (Wildman–Crippen LogP) is 1.24. The molecule has 0 spiro atoms. The summed E-state index contributed by atoms with van der Waals surface area (Å²) < 4.78 is 19.8. The third-order valence-corrected chi connectivity index (χ3v) is 4.44. The second-order valence-electron chi connectivity index (χ2n) is 6.24. The Morgan fingerprint density at radius 1 is 1.32 bits per heavy atom. The molecule has 0 saturated carbocycles. The van der Waals surface area contributed by atoms with Crippen LogP contribution in [0.4, 0.5) is 4.39 Å². The van der Waals surface area contributed by atoms with Crippen LogP contribution in [0.3, 0.4) is 0 Å². The standard InChI is InChI=1S/C19H16FN5O3/c1-28-17(27)9-22-16(26)10-25-5-4-11-7-23-18(24-19(11)25)13-2-3-15-14(13)6-12(20)8-21-15/h2,4-8H,3,9-10H2,1H3,(H,22,26). The summed E-state index contributed by atoms with van der Waals surface area (Å²) in [5.74, 6) is -0.852. The van der Waals surface area contributed by atoms with E-state index in [2.05, 4.69) is 25.0 Å². The van der Waals surface area contributed by atoms with Crippen LogP contribution in [0, 0.1) is 5.82 Å². The van der Waals surface area contributed by atoms with E-state index < -0.39 is 11.8 Å². The lowest BCUT2D eigenvalue weighted by atomic mass is 10.1. The molecule has 1 aliphatic carbocycles. The molecule has 0 bridgehead atoms. The average molecular weight is 381 g/mol. The lowest BCUT2D eigenvalue weighted by Crippen LogP contribution is -2.32. The molecule has 3 aromatic heterocycles. The number of nitrogens with zero attached hydrogens (tertiary/aromatic N) is 4. The Morgan fingerprint density at radius 3 is 3.00 bits per heavy atom. The molecule has 1 amide bonds. The Labute approximate surface area is 159 Å². The number of methoxy groups -OCH3 is 1. The third-order valence-electron chi connectivity index (χ3n) is 4.44. The summed E-state index contributed by atoms with van der Waals surface area (Å²) in [6.45, 7) is -0.209. The molecule has 0 atom stereocenters. The molecule has 0 fully saturated rings. The monoisotopic (exact) mass is 381 g/mol. The summed E-state index contributed by atoms with van der Waals surface area (Å²) in [6.07, 6.45) is 7.07. The molecule has 1 N–H and O–H groups in total. The van der Waals surface area contributed by atoms with Gasteiger partial charge in [-0.15, -0.1) is 0 Å². The minimum Gasteiger partial charge on any atom is -0.468 e. The number of rotatable bonds is 5. The van der Waals surface area contributed by atoms with Crippen LogP contribution < -0.4 is 5.32 Å². The van der Waals surface area contributed by atoms with Gasteiger partial charge in [0.25, 0.3) is 0 Å². The van der Waals surface area contributed by atoms with Crippen molar-refractivity contribution in [3.8, 4) is 0 Å². The van der Waals surface area contributed by atoms with Gasteiger partial charge >= 0.3 is 5.97 Å². The molecule has 0 unspecified atom stereocenters. The molecule has 0 radical (unpaired) electrons. The summed E-state index contributed by atoms with van der Waals surface area (Å²) in [5.41, 5.74) is 2.73. The SMILES string of the molecule is COC(=O)CNC(=O)Cn1ccc2cnc(C3=CCc4ncc(F)cc43)nc21. The largest absolute Gasteiger partial charge is 0.468 e. The summed E-state index contributed by atoms with van der Waals surface area (Å²) in [6, 6.07) is 3.22. The van der Waals surface area contributed by atoms with Crippen LogP contribution in [-0.4, -0.2) is 45.1 Å². The quantitative estimate of drug-likeness (QED) is 0.668. The van der Waals surface area contributed by atoms with E-state index >= 15 is 0 Å². The van der Waals surface area contributed by atoms with E-state index in [9.17, 15) is 14.0 Å². The fourth-order valence-electron chi connectivity index (χ4n) is 3.07. The number of ether oxygens (including phenoxy) is 1. The minimum atomic E-state index is -0.525. The van der Waals surface area contributed by atoms with Crippen LogP contribution in [0.5, 0.6) is 0 Å². The number of nitrogens with one attached hydrogen (secondary N) is 1. The maximum atomic E-state index is 13.6. The Kier molecular flexibility index (Phi) is 4.56. The molecular weight excluding hydrogens is 365 g/mol. The normalized spacial score (nSPS) is 12.6. The number of hydrogen-bond donors (Lipinski definition) is 1. The van der Waals surface area contributed by atoms with Crippen molar-refractivity contribution in [1.29, 1.82) is 0 Å². The van der Waals surface area contributed by atoms with E-state index in [0.717, 1.165) is 11.1 Å². The highest BCUT2D eigenvalue weighted by Gasteiger charge is 2.20. The molecule has 0 aromatic carbocycles. The molecule has 0 aliphatic heterocycles. The van der Waals surface area contributed by atoms with Crippen LogP contribution in [0.25, 0.3) is 16.6 Å². The van der Waals surface area contributed by atoms with Crippen LogP contribution in [-0.2, 0) is 27.3 Å². The Hall–Kier alpha value is -3.62. The van der Waals surface area contributed by atoms with E-state index in [1.807, 2.05) is 6.08 Å². The predicted molar refractivity (Wildman–Crippen MR) is 97.5 cm³/mol. The first-order chi connectivity index (χ1) is 13.5. The number of allylic oxidation sites excluding steroid dienone is 1. The number of esters is 1. The van der Waals surface area contributed by atoms with Gasteiger partial charge in [-0.25, -0.2) is 14.4 Å². The number of pyridine rings is 1. The topological polar surface area (TPSA) is 99.0 Å². The van der Waals surface area contributed by atoms with Crippen LogP contribution >= 0.6 is 0 Å². The van der Waals surface area contributed by atoms with Crippen LogP contribution in [0.1, 0.15) is 17.1 Å². The van der Waals surface area contributed by atoms with Crippen molar-refractivity contribution in [2.45, 2.75) is 13.0 Å². The summed E-state index contributed by atoms with van der Waals surface area (Å²) in [4.78, 5) is 36.3. The highest BCUT2D eigenvalue weighted by atomic mass is 19.1. The van der Waals surface area contributed by atoms with Crippen molar-refractivity contribution in [2.75, 3.05) is 13.7 Å². The number of hydrogen-bond acceptors (Lipinski definition) is 6. The van der Waals surface area contributed by atoms with Crippen molar-refractivity contribution in [1.82, 2.24) is 24.8 Å². The molecule has 4 rings (SSSR count). The van der Waals surface area contributed by atoms with Crippen molar-refractivity contribution in [3.05, 3.63) is 59.7 Å². The van der Waals surface area contributed by atoms with E-state index in [0.29, 0.717) is 29.0 Å². The van der Waals surface area contributed by atoms with E-state index in [4.69, 9.17) is 0 Å². The van der Waals surface area contributed by atoms with Gasteiger partial charge in [0.05, 0.1) is 19.0 Å². The molecule has 3 heterocycles. The first kappa shape index (κ1) is 17.8. The van der Waals surface area contributed by atoms with Gasteiger partial charge in [0.2, 0.25) is 5.91 Å². The highest BCUT2D eigenvalue weighted by molar-refractivity contribution is 5.86. The molecule has 8 nitrogen and oxygen atoms in total. The van der Waals surface area contributed by atoms with Crippen molar-refractivity contribution < 1.29 is 18.7 Å². The molecule has 1 aliphatic rings. The van der Waals surface area contributed by atoms with Gasteiger partial charge in [-0.3, -0.25) is 14.6 Å². The summed E-state index contributed by atoms with van der Waals surface area (Å²) in [7, 11) is 1.25. The fourth-order valence-corrected chi connectivity index (χ4v) is 3.07. The molecule has 142 valence electrons. The summed E-state index contributed by atoms with van der Waals surface area (Å²) >= 11 is 0. The molecular formula is C19H16FN5O3. The fraction of sp³-hybridized carbons (Fsp3) is 0.211. The number of aromatic nitrogens is 4. The second kappa shape index (κ2) is 7.18. The molecule has 28 heavy (non-hydrogen) atoms. The minimum absolute atomic E-state index is 0.0111. The van der Waals surface area contributed by atoms with Gasteiger partial charge in [-0.05, 0) is 12.1 Å². The third kappa shape index (κ3) is 3.34. The number of fused-ring (bicyclic) bond motifs is 2. The molecule has 0 saturated heterocycles. The van der Waals surface area contributed by atoms with Crippen molar-refractivity contribution in [3.63, 3.8) is 0 Å². The van der Waals surface area contributed by atoms with E-state index in [1.54, 1.807) is 23.0 Å². The lowest BCUT2D eigenvalue weighted by molar-refractivity contribution is -0.141. The number of carbonyl (C=O) groups is 2. The number of carbonyl (C=O) groups excluding carboxylic acids is 2. The Morgan fingerprint density at radius 2 is 2.18 bits per heavy atom. The van der Waals surface area contributed by atoms with Crippen molar-refractivity contribution in [2.24, 2.45) is 0 Å². The Bertz CT molecular complexity index is 1120. The molecule has 9 heteroatoms. The summed E-state index contributed by atoms with van der Waals surface area (Å²) in [5, 5.41) is 3.25. The highest BCUT2D eigenvalue weighted by Crippen LogP contribution is 2.30. The zero-order valence-electron chi connectivity index (χ0n) is 15.0.